The van der Waals surface area contributed by atoms with Gasteiger partial charge in [0, 0.05) is 48.7 Å². The van der Waals surface area contributed by atoms with Gasteiger partial charge in [-0.15, -0.1) is 0 Å². The minimum Gasteiger partial charge on any atom is -0.316 e. The van der Waals surface area contributed by atoms with E-state index in [2.05, 4.69) is 20.5 Å². The number of H-pyrrole nitrogens is 1. The van der Waals surface area contributed by atoms with Crippen LogP contribution < -0.4 is 5.32 Å². The van der Waals surface area contributed by atoms with Crippen LogP contribution in [0.1, 0.15) is 18.9 Å². The lowest BCUT2D eigenvalue weighted by molar-refractivity contribution is -0.144. The van der Waals surface area contributed by atoms with Gasteiger partial charge in [-0.3, -0.25) is 15.0 Å². The minimum absolute atomic E-state index is 0.00624. The molecule has 10 heteroatoms. The molecule has 0 unspecified atom stereocenters. The summed E-state index contributed by atoms with van der Waals surface area (Å²) in [5, 5.41) is 11.3. The van der Waals surface area contributed by atoms with Crippen molar-refractivity contribution in [1.82, 2.24) is 25.0 Å². The first-order valence-electron chi connectivity index (χ1n) is 10.6. The summed E-state index contributed by atoms with van der Waals surface area (Å²) < 4.78 is 38.8. The first-order valence-corrected chi connectivity index (χ1v) is 10.6. The predicted octanol–water partition coefficient (Wildman–Crippen LogP) is 4.25. The summed E-state index contributed by atoms with van der Waals surface area (Å²) in [6.45, 7) is 1.91. The van der Waals surface area contributed by atoms with Gasteiger partial charge in [0.25, 0.3) is 0 Å². The molecule has 0 aliphatic carbocycles. The monoisotopic (exact) mass is 444 g/mol. The quantitative estimate of drug-likeness (QED) is 0.631. The van der Waals surface area contributed by atoms with E-state index in [4.69, 9.17) is 0 Å². The number of benzene rings is 1. The molecular formula is C22H23F3N6O. The Kier molecular flexibility index (Phi) is 5.04. The number of hydrogen-bond donors (Lipinski definition) is 2. The molecule has 1 aromatic carbocycles. The van der Waals surface area contributed by atoms with Gasteiger partial charge in [0.1, 0.15) is 5.69 Å². The number of carbonyl (C=O) groups excluding carboxylic acids is 1. The molecule has 168 valence electrons. The van der Waals surface area contributed by atoms with Gasteiger partial charge >= 0.3 is 12.2 Å². The van der Waals surface area contributed by atoms with Crippen LogP contribution in [0.3, 0.4) is 0 Å². The number of carbonyl (C=O) groups is 1. The lowest BCUT2D eigenvalue weighted by Crippen LogP contribution is -2.49. The third kappa shape index (κ3) is 3.79. The molecule has 0 saturated carbocycles. The number of nitrogens with zero attached hydrogens (tertiary/aromatic N) is 4. The lowest BCUT2D eigenvalue weighted by atomic mass is 9.97. The van der Waals surface area contributed by atoms with Gasteiger partial charge in [-0.05, 0) is 35.7 Å². The molecule has 2 aliphatic heterocycles. The Morgan fingerprint density at radius 1 is 1.25 bits per heavy atom. The number of alkyl halides is 3. The van der Waals surface area contributed by atoms with Gasteiger partial charge in [0.2, 0.25) is 0 Å². The van der Waals surface area contributed by atoms with Gasteiger partial charge in [0.15, 0.2) is 0 Å². The molecule has 7 nitrogen and oxygen atoms in total. The maximum Gasteiger partial charge on any atom is 0.401 e. The van der Waals surface area contributed by atoms with E-state index in [1.807, 2.05) is 31.2 Å². The zero-order chi connectivity index (χ0) is 22.5. The largest absolute Gasteiger partial charge is 0.401 e. The summed E-state index contributed by atoms with van der Waals surface area (Å²) in [5.41, 5.74) is 4.04. The molecule has 32 heavy (non-hydrogen) atoms. The maximum atomic E-state index is 12.9. The van der Waals surface area contributed by atoms with Gasteiger partial charge < -0.3 is 10.2 Å². The Balaban J connectivity index is 1.45. The van der Waals surface area contributed by atoms with Crippen molar-refractivity contribution in [2.45, 2.75) is 32.1 Å². The van der Waals surface area contributed by atoms with E-state index < -0.39 is 12.7 Å². The SMILES string of the molecule is CC[C@@H]1CN(CC(F)(F)F)C[C@H]1N1Cc2cc3c(-c4cccnc4)n[nH]c3cc2NC1=O. The molecule has 2 aromatic heterocycles. The summed E-state index contributed by atoms with van der Waals surface area (Å²) in [7, 11) is 0. The minimum atomic E-state index is -4.25. The van der Waals surface area contributed by atoms with Crippen molar-refractivity contribution in [3.05, 3.63) is 42.2 Å². The highest BCUT2D eigenvalue weighted by atomic mass is 19.4. The van der Waals surface area contributed by atoms with E-state index in [1.54, 1.807) is 17.3 Å². The number of aromatic nitrogens is 3. The number of halogens is 3. The second-order valence-corrected chi connectivity index (χ2v) is 8.47. The Hall–Kier alpha value is -3.14. The topological polar surface area (TPSA) is 77.2 Å². The highest BCUT2D eigenvalue weighted by Gasteiger charge is 2.43. The number of aromatic amines is 1. The van der Waals surface area contributed by atoms with Crippen LogP contribution in [0.25, 0.3) is 22.2 Å². The molecule has 2 atom stereocenters. The fourth-order valence-electron chi connectivity index (χ4n) is 4.87. The summed E-state index contributed by atoms with van der Waals surface area (Å²) in [6.07, 6.45) is -0.106. The van der Waals surface area contributed by atoms with Crippen molar-refractivity contribution in [3.8, 4) is 11.3 Å². The third-order valence-corrected chi connectivity index (χ3v) is 6.37. The van der Waals surface area contributed by atoms with E-state index in [-0.39, 0.29) is 24.5 Å². The average Bonchev–Trinajstić information content (AvgIpc) is 3.34. The predicted molar refractivity (Wildman–Crippen MR) is 114 cm³/mol. The summed E-state index contributed by atoms with van der Waals surface area (Å²) in [4.78, 5) is 20.1. The van der Waals surface area contributed by atoms with E-state index in [0.29, 0.717) is 25.2 Å². The Bertz CT molecular complexity index is 1150. The van der Waals surface area contributed by atoms with E-state index >= 15 is 0 Å². The second kappa shape index (κ2) is 7.77. The number of fused-ring (bicyclic) bond motifs is 2. The van der Waals surface area contributed by atoms with Crippen molar-refractivity contribution in [1.29, 1.82) is 0 Å². The van der Waals surface area contributed by atoms with Crippen LogP contribution in [0.15, 0.2) is 36.7 Å². The molecule has 0 bridgehead atoms. The summed E-state index contributed by atoms with van der Waals surface area (Å²) >= 11 is 0. The molecule has 1 saturated heterocycles. The molecule has 3 aromatic rings. The van der Waals surface area contributed by atoms with E-state index in [0.717, 1.165) is 27.7 Å². The normalized spacial score (nSPS) is 21.8. The van der Waals surface area contributed by atoms with Crippen LogP contribution >= 0.6 is 0 Å². The van der Waals surface area contributed by atoms with E-state index in [1.165, 1.54) is 4.90 Å². The summed E-state index contributed by atoms with van der Waals surface area (Å²) in [6, 6.07) is 7.07. The maximum absolute atomic E-state index is 12.9. The fraction of sp³-hybridized carbons (Fsp3) is 0.409. The lowest BCUT2D eigenvalue weighted by Gasteiger charge is -2.36. The molecule has 2 N–H and O–H groups in total. The standard InChI is InChI=1S/C22H23F3N6O/c1-2-13-9-30(12-22(23,24)25)11-19(13)31-10-15-6-16-18(7-17(15)27-21(31)32)28-29-20(16)14-4-3-5-26-8-14/h3-8,13,19H,2,9-12H2,1H3,(H,27,32)(H,28,29)/t13-,19-/m1/s1. The van der Waals surface area contributed by atoms with Gasteiger partial charge in [-0.1, -0.05) is 13.3 Å². The van der Waals surface area contributed by atoms with Gasteiger partial charge in [0.05, 0.1) is 18.1 Å². The Morgan fingerprint density at radius 3 is 2.81 bits per heavy atom. The molecular weight excluding hydrogens is 421 g/mol. The van der Waals surface area contributed by atoms with Crippen LogP contribution in [-0.4, -0.2) is 62.9 Å². The summed E-state index contributed by atoms with van der Waals surface area (Å²) in [5.74, 6) is -0.00624. The highest BCUT2D eigenvalue weighted by Crippen LogP contribution is 2.36. The number of anilines is 1. The highest BCUT2D eigenvalue weighted by molar-refractivity contribution is 6.00. The molecule has 5 rings (SSSR count). The number of rotatable bonds is 4. The van der Waals surface area contributed by atoms with Crippen LogP contribution in [-0.2, 0) is 6.54 Å². The van der Waals surface area contributed by atoms with Crippen molar-refractivity contribution < 1.29 is 18.0 Å². The van der Waals surface area contributed by atoms with Crippen molar-refractivity contribution >= 4 is 22.6 Å². The van der Waals surface area contributed by atoms with Crippen LogP contribution in [0.2, 0.25) is 0 Å². The molecule has 0 spiro atoms. The smallest absolute Gasteiger partial charge is 0.316 e. The van der Waals surface area contributed by atoms with Gasteiger partial charge in [-0.25, -0.2) is 4.79 Å². The molecule has 2 aliphatic rings. The van der Waals surface area contributed by atoms with Crippen LogP contribution in [0.5, 0.6) is 0 Å². The number of nitrogens with one attached hydrogen (secondary N) is 2. The van der Waals surface area contributed by atoms with Crippen molar-refractivity contribution in [2.75, 3.05) is 25.0 Å². The number of likely N-dealkylation sites (tertiary alicyclic amines) is 1. The second-order valence-electron chi connectivity index (χ2n) is 8.47. The number of pyridine rings is 1. The Labute approximate surface area is 182 Å². The number of hydrogen-bond acceptors (Lipinski definition) is 4. The van der Waals surface area contributed by atoms with Crippen molar-refractivity contribution in [2.24, 2.45) is 5.92 Å². The molecule has 1 fully saturated rings. The molecule has 2 amide bonds. The molecule has 4 heterocycles. The first kappa shape index (κ1) is 20.7. The average molecular weight is 444 g/mol. The van der Waals surface area contributed by atoms with Crippen molar-refractivity contribution in [3.63, 3.8) is 0 Å². The molecule has 0 radical (unpaired) electrons. The number of urea groups is 1. The third-order valence-electron chi connectivity index (χ3n) is 6.37. The fourth-order valence-corrected chi connectivity index (χ4v) is 4.87. The van der Waals surface area contributed by atoms with Crippen LogP contribution in [0.4, 0.5) is 23.7 Å². The number of amides is 2. The van der Waals surface area contributed by atoms with Gasteiger partial charge in [-0.2, -0.15) is 18.3 Å². The zero-order valence-electron chi connectivity index (χ0n) is 17.5. The Morgan fingerprint density at radius 2 is 2.09 bits per heavy atom. The first-order chi connectivity index (χ1) is 15.3. The van der Waals surface area contributed by atoms with E-state index in [9.17, 15) is 18.0 Å². The zero-order valence-corrected chi connectivity index (χ0v) is 17.5. The van der Waals surface area contributed by atoms with Crippen LogP contribution in [0, 0.1) is 5.92 Å².